The molecular formula is C13H21N3O3S. The molecule has 1 aromatic heterocycles. The van der Waals surface area contributed by atoms with Crippen LogP contribution in [0.3, 0.4) is 0 Å². The predicted octanol–water partition coefficient (Wildman–Crippen LogP) is 0.758. The van der Waals surface area contributed by atoms with E-state index < -0.39 is 15.8 Å². The third-order valence-corrected chi connectivity index (χ3v) is 5.22. The maximum atomic E-state index is 11.9. The Morgan fingerprint density at radius 2 is 2.20 bits per heavy atom. The summed E-state index contributed by atoms with van der Waals surface area (Å²) < 4.78 is 22.7. The van der Waals surface area contributed by atoms with Gasteiger partial charge in [0.15, 0.2) is 9.84 Å². The van der Waals surface area contributed by atoms with Gasteiger partial charge in [0, 0.05) is 5.41 Å². The van der Waals surface area contributed by atoms with Crippen molar-refractivity contribution in [2.75, 3.05) is 11.5 Å². The van der Waals surface area contributed by atoms with Crippen molar-refractivity contribution >= 4 is 15.7 Å². The van der Waals surface area contributed by atoms with Gasteiger partial charge in [-0.05, 0) is 12.5 Å². The lowest BCUT2D eigenvalue weighted by molar-refractivity contribution is -0.124. The van der Waals surface area contributed by atoms with Crippen molar-refractivity contribution in [3.63, 3.8) is 0 Å². The van der Waals surface area contributed by atoms with Gasteiger partial charge in [0.1, 0.15) is 0 Å². The zero-order chi connectivity index (χ0) is 15.0. The molecule has 2 rings (SSSR count). The van der Waals surface area contributed by atoms with E-state index in [1.807, 2.05) is 6.07 Å². The number of carbonyl (C=O) groups excluding carboxylic acids is 1. The number of rotatable bonds is 3. The fraction of sp³-hybridized carbons (Fsp3) is 0.692. The SMILES string of the molecule is CC(C)(C)c1cc(CNC(=O)[C@H]2CCS(=O)(=O)C2)[nH]n1. The highest BCUT2D eigenvalue weighted by Gasteiger charge is 2.32. The van der Waals surface area contributed by atoms with Crippen LogP contribution >= 0.6 is 0 Å². The van der Waals surface area contributed by atoms with Gasteiger partial charge < -0.3 is 5.32 Å². The fourth-order valence-corrected chi connectivity index (χ4v) is 3.91. The lowest BCUT2D eigenvalue weighted by Crippen LogP contribution is -2.31. The molecule has 2 N–H and O–H groups in total. The Hall–Kier alpha value is -1.37. The zero-order valence-corrected chi connectivity index (χ0v) is 12.9. The summed E-state index contributed by atoms with van der Waals surface area (Å²) in [5.41, 5.74) is 1.72. The summed E-state index contributed by atoms with van der Waals surface area (Å²) in [5, 5.41) is 9.87. The van der Waals surface area contributed by atoms with Crippen molar-refractivity contribution in [3.05, 3.63) is 17.5 Å². The Morgan fingerprint density at radius 1 is 1.50 bits per heavy atom. The second-order valence-corrected chi connectivity index (χ2v) is 8.57. The topological polar surface area (TPSA) is 91.9 Å². The summed E-state index contributed by atoms with van der Waals surface area (Å²) in [7, 11) is -3.02. The first kappa shape index (κ1) is 15.0. The predicted molar refractivity (Wildman–Crippen MR) is 75.9 cm³/mol. The summed E-state index contributed by atoms with van der Waals surface area (Å²) in [6, 6.07) is 1.92. The summed E-state index contributed by atoms with van der Waals surface area (Å²) in [4.78, 5) is 11.9. The Kier molecular flexibility index (Phi) is 3.90. The fourth-order valence-electron chi connectivity index (χ4n) is 2.16. The molecule has 112 valence electrons. The third kappa shape index (κ3) is 3.59. The van der Waals surface area contributed by atoms with Crippen molar-refractivity contribution in [1.29, 1.82) is 0 Å². The average Bonchev–Trinajstić information content (AvgIpc) is 2.91. The van der Waals surface area contributed by atoms with E-state index in [4.69, 9.17) is 0 Å². The van der Waals surface area contributed by atoms with Gasteiger partial charge >= 0.3 is 0 Å². The van der Waals surface area contributed by atoms with E-state index in [1.165, 1.54) is 0 Å². The number of aromatic nitrogens is 2. The van der Waals surface area contributed by atoms with Crippen molar-refractivity contribution in [1.82, 2.24) is 15.5 Å². The minimum absolute atomic E-state index is 0.0327. The molecular weight excluding hydrogens is 278 g/mol. The number of aromatic amines is 1. The van der Waals surface area contributed by atoms with E-state index >= 15 is 0 Å². The first-order valence-corrected chi connectivity index (χ1v) is 8.52. The number of sulfone groups is 1. The van der Waals surface area contributed by atoms with E-state index in [0.29, 0.717) is 13.0 Å². The highest BCUT2D eigenvalue weighted by molar-refractivity contribution is 7.91. The first-order chi connectivity index (χ1) is 9.17. The summed E-state index contributed by atoms with van der Waals surface area (Å²) in [6.45, 7) is 6.54. The van der Waals surface area contributed by atoms with Gasteiger partial charge in [0.2, 0.25) is 5.91 Å². The highest BCUT2D eigenvalue weighted by atomic mass is 32.2. The van der Waals surface area contributed by atoms with Crippen molar-refractivity contribution in [2.24, 2.45) is 5.92 Å². The summed E-state index contributed by atoms with van der Waals surface area (Å²) in [5.74, 6) is -0.527. The maximum Gasteiger partial charge on any atom is 0.224 e. The number of hydrogen-bond donors (Lipinski definition) is 2. The maximum absolute atomic E-state index is 11.9. The molecule has 7 heteroatoms. The Labute approximate surface area is 119 Å². The van der Waals surface area contributed by atoms with Crippen LogP contribution in [0.1, 0.15) is 38.6 Å². The number of amides is 1. The molecule has 0 aliphatic carbocycles. The van der Waals surface area contributed by atoms with E-state index in [0.717, 1.165) is 11.4 Å². The van der Waals surface area contributed by atoms with Crippen LogP contribution < -0.4 is 5.32 Å². The minimum atomic E-state index is -3.02. The standard InChI is InChI=1S/C13H21N3O3S/c1-13(2,3)11-6-10(15-16-11)7-14-12(17)9-4-5-20(18,19)8-9/h6,9H,4-5,7-8H2,1-3H3,(H,14,17)(H,15,16)/t9-/m0/s1. The van der Waals surface area contributed by atoms with Crippen LogP contribution in [-0.2, 0) is 26.6 Å². The van der Waals surface area contributed by atoms with Crippen LogP contribution in [0, 0.1) is 5.92 Å². The normalized spacial score (nSPS) is 21.9. The molecule has 1 aliphatic heterocycles. The van der Waals surface area contributed by atoms with Gasteiger partial charge in [-0.2, -0.15) is 5.10 Å². The molecule has 0 unspecified atom stereocenters. The van der Waals surface area contributed by atoms with Crippen LogP contribution in [-0.4, -0.2) is 36.0 Å². The van der Waals surface area contributed by atoms with Gasteiger partial charge in [-0.1, -0.05) is 20.8 Å². The van der Waals surface area contributed by atoms with Crippen molar-refractivity contribution in [2.45, 2.75) is 39.2 Å². The molecule has 0 radical (unpaired) electrons. The van der Waals surface area contributed by atoms with E-state index in [2.05, 4.69) is 36.3 Å². The molecule has 1 amide bonds. The monoisotopic (exact) mass is 299 g/mol. The molecule has 1 fully saturated rings. The number of H-pyrrole nitrogens is 1. The van der Waals surface area contributed by atoms with Crippen LogP contribution in [0.15, 0.2) is 6.07 Å². The van der Waals surface area contributed by atoms with Gasteiger partial charge in [0.05, 0.1) is 35.4 Å². The van der Waals surface area contributed by atoms with Crippen LogP contribution in [0.5, 0.6) is 0 Å². The molecule has 2 heterocycles. The van der Waals surface area contributed by atoms with E-state index in [1.54, 1.807) is 0 Å². The van der Waals surface area contributed by atoms with Crippen molar-refractivity contribution < 1.29 is 13.2 Å². The largest absolute Gasteiger partial charge is 0.350 e. The van der Waals surface area contributed by atoms with Gasteiger partial charge in [-0.15, -0.1) is 0 Å². The molecule has 6 nitrogen and oxygen atoms in total. The molecule has 0 saturated carbocycles. The molecule has 1 aromatic rings. The molecule has 20 heavy (non-hydrogen) atoms. The van der Waals surface area contributed by atoms with E-state index in [-0.39, 0.29) is 22.8 Å². The number of nitrogens with one attached hydrogen (secondary N) is 2. The molecule has 1 atom stereocenters. The Bertz CT molecular complexity index is 599. The zero-order valence-electron chi connectivity index (χ0n) is 12.1. The number of carbonyl (C=O) groups is 1. The van der Waals surface area contributed by atoms with Gasteiger partial charge in [-0.3, -0.25) is 9.89 Å². The first-order valence-electron chi connectivity index (χ1n) is 6.70. The Morgan fingerprint density at radius 3 is 2.70 bits per heavy atom. The number of hydrogen-bond acceptors (Lipinski definition) is 4. The minimum Gasteiger partial charge on any atom is -0.350 e. The Balaban J connectivity index is 1.90. The lowest BCUT2D eigenvalue weighted by Gasteiger charge is -2.13. The second-order valence-electron chi connectivity index (χ2n) is 6.35. The van der Waals surface area contributed by atoms with E-state index in [9.17, 15) is 13.2 Å². The van der Waals surface area contributed by atoms with Gasteiger partial charge in [-0.25, -0.2) is 8.42 Å². The molecule has 0 aromatic carbocycles. The van der Waals surface area contributed by atoms with Gasteiger partial charge in [0.25, 0.3) is 0 Å². The van der Waals surface area contributed by atoms with Crippen LogP contribution in [0.25, 0.3) is 0 Å². The smallest absolute Gasteiger partial charge is 0.224 e. The van der Waals surface area contributed by atoms with Crippen LogP contribution in [0.4, 0.5) is 0 Å². The molecule has 0 bridgehead atoms. The highest BCUT2D eigenvalue weighted by Crippen LogP contribution is 2.21. The summed E-state index contributed by atoms with van der Waals surface area (Å²) in [6.07, 6.45) is 0.421. The molecule has 1 saturated heterocycles. The van der Waals surface area contributed by atoms with Crippen molar-refractivity contribution in [3.8, 4) is 0 Å². The van der Waals surface area contributed by atoms with Crippen LogP contribution in [0.2, 0.25) is 0 Å². The quantitative estimate of drug-likeness (QED) is 0.862. The number of nitrogens with zero attached hydrogens (tertiary/aromatic N) is 1. The summed E-state index contributed by atoms with van der Waals surface area (Å²) >= 11 is 0. The molecule has 1 aliphatic rings. The third-order valence-electron chi connectivity index (χ3n) is 3.46. The average molecular weight is 299 g/mol. The lowest BCUT2D eigenvalue weighted by atomic mass is 9.92. The second kappa shape index (κ2) is 5.20. The molecule has 0 spiro atoms.